The Morgan fingerprint density at radius 1 is 1.19 bits per heavy atom. The second-order valence-electron chi connectivity index (χ2n) is 6.89. The summed E-state index contributed by atoms with van der Waals surface area (Å²) in [6.07, 6.45) is -1.33. The van der Waals surface area contributed by atoms with Crippen molar-refractivity contribution in [1.82, 2.24) is 9.36 Å². The number of halogens is 1. The first-order chi connectivity index (χ1) is 15.1. The van der Waals surface area contributed by atoms with Crippen molar-refractivity contribution in [3.8, 4) is 5.69 Å². The molecule has 3 aromatic rings. The average Bonchev–Trinajstić information content (AvgIpc) is 2.97. The van der Waals surface area contributed by atoms with Crippen LogP contribution in [0.1, 0.15) is 23.0 Å². The Hall–Kier alpha value is -3.92. The van der Waals surface area contributed by atoms with Crippen LogP contribution >= 0.6 is 11.6 Å². The van der Waals surface area contributed by atoms with Crippen molar-refractivity contribution in [2.75, 3.05) is 5.32 Å². The predicted molar refractivity (Wildman–Crippen MR) is 117 cm³/mol. The minimum absolute atomic E-state index is 0.0294. The summed E-state index contributed by atoms with van der Waals surface area (Å²) >= 11 is 5.75. The van der Waals surface area contributed by atoms with Gasteiger partial charge in [-0.1, -0.05) is 29.8 Å². The second-order valence-corrected chi connectivity index (χ2v) is 7.33. The number of carbonyl (C=O) groups excluding carboxylic acids is 2. The van der Waals surface area contributed by atoms with Gasteiger partial charge in [0.1, 0.15) is 11.3 Å². The van der Waals surface area contributed by atoms with Gasteiger partial charge in [-0.2, -0.15) is 0 Å². The van der Waals surface area contributed by atoms with Gasteiger partial charge in [-0.05, 0) is 38.1 Å². The number of esters is 1. The summed E-state index contributed by atoms with van der Waals surface area (Å²) < 4.78 is 8.06. The Kier molecular flexibility index (Phi) is 6.45. The number of hydrogen-bond donors (Lipinski definition) is 1. The maximum Gasteiger partial charge on any atom is 0.345 e. The number of para-hydroxylation sites is 1. The van der Waals surface area contributed by atoms with Gasteiger partial charge in [-0.15, -0.1) is 0 Å². The lowest BCUT2D eigenvalue weighted by Gasteiger charge is -2.13. The number of amides is 1. The van der Waals surface area contributed by atoms with Crippen LogP contribution in [0.4, 0.5) is 11.4 Å². The molecule has 0 fully saturated rings. The van der Waals surface area contributed by atoms with Gasteiger partial charge in [-0.3, -0.25) is 24.4 Å². The number of nitro benzene ring substituents is 1. The topological polar surface area (TPSA) is 125 Å². The minimum Gasteiger partial charge on any atom is -0.449 e. The summed E-state index contributed by atoms with van der Waals surface area (Å²) in [5.41, 5.74) is -0.225. The van der Waals surface area contributed by atoms with E-state index in [1.807, 2.05) is 6.07 Å². The van der Waals surface area contributed by atoms with Crippen LogP contribution in [0.15, 0.2) is 53.3 Å². The zero-order chi connectivity index (χ0) is 23.6. The molecular weight excluding hydrogens is 440 g/mol. The summed E-state index contributed by atoms with van der Waals surface area (Å²) in [6, 6.07) is 12.3. The van der Waals surface area contributed by atoms with E-state index in [0.29, 0.717) is 11.4 Å². The van der Waals surface area contributed by atoms with Crippen LogP contribution < -0.4 is 10.9 Å². The van der Waals surface area contributed by atoms with E-state index in [4.69, 9.17) is 16.3 Å². The predicted octanol–water partition coefficient (Wildman–Crippen LogP) is 3.23. The zero-order valence-electron chi connectivity index (χ0n) is 17.4. The molecule has 0 bridgehead atoms. The third kappa shape index (κ3) is 4.40. The lowest BCUT2D eigenvalue weighted by atomic mass is 10.2. The number of hydrogen-bond acceptors (Lipinski definition) is 6. The molecule has 0 saturated heterocycles. The minimum atomic E-state index is -1.33. The Labute approximate surface area is 187 Å². The number of nitro groups is 1. The third-order valence-electron chi connectivity index (χ3n) is 4.83. The Morgan fingerprint density at radius 2 is 1.84 bits per heavy atom. The largest absolute Gasteiger partial charge is 0.449 e. The van der Waals surface area contributed by atoms with E-state index in [1.165, 1.54) is 17.7 Å². The number of nitrogens with zero attached hydrogens (tertiary/aromatic N) is 3. The number of nitrogens with one attached hydrogen (secondary N) is 1. The van der Waals surface area contributed by atoms with Gasteiger partial charge < -0.3 is 10.1 Å². The monoisotopic (exact) mass is 458 g/mol. The number of rotatable bonds is 6. The van der Waals surface area contributed by atoms with Crippen LogP contribution in [-0.4, -0.2) is 32.3 Å². The Morgan fingerprint density at radius 3 is 2.47 bits per heavy atom. The molecule has 2 aromatic carbocycles. The van der Waals surface area contributed by atoms with Crippen LogP contribution in [0, 0.1) is 17.0 Å². The van der Waals surface area contributed by atoms with E-state index in [2.05, 4.69) is 5.32 Å². The SMILES string of the molecule is Cc1c(NC(=O)C(C)OC(=O)c2ccc(Cl)cc2[N+](=O)[O-])c(=O)n(-c2ccccc2)n1C. The van der Waals surface area contributed by atoms with Crippen molar-refractivity contribution >= 4 is 34.9 Å². The highest BCUT2D eigenvalue weighted by Gasteiger charge is 2.27. The molecular formula is C21H19ClN4O6. The molecule has 1 unspecified atom stereocenters. The third-order valence-corrected chi connectivity index (χ3v) is 5.07. The normalized spacial score (nSPS) is 11.6. The molecule has 166 valence electrons. The fraction of sp³-hybridized carbons (Fsp3) is 0.190. The molecule has 0 aliphatic carbocycles. The van der Waals surface area contributed by atoms with Crippen LogP contribution in [0.3, 0.4) is 0 Å². The van der Waals surface area contributed by atoms with Crippen molar-refractivity contribution in [1.29, 1.82) is 0 Å². The van der Waals surface area contributed by atoms with Gasteiger partial charge in [0.25, 0.3) is 17.2 Å². The molecule has 1 atom stereocenters. The number of aromatic nitrogens is 2. The second kappa shape index (κ2) is 9.06. The highest BCUT2D eigenvalue weighted by molar-refractivity contribution is 6.31. The number of benzene rings is 2. The first-order valence-corrected chi connectivity index (χ1v) is 9.79. The van der Waals surface area contributed by atoms with Crippen LogP contribution in [0.25, 0.3) is 5.69 Å². The molecule has 1 aromatic heterocycles. The van der Waals surface area contributed by atoms with Crippen molar-refractivity contribution in [2.24, 2.45) is 7.05 Å². The molecule has 0 aliphatic heterocycles. The number of anilines is 1. The van der Waals surface area contributed by atoms with E-state index in [-0.39, 0.29) is 16.3 Å². The lowest BCUT2D eigenvalue weighted by Crippen LogP contribution is -2.32. The molecule has 0 aliphatic rings. The highest BCUT2D eigenvalue weighted by atomic mass is 35.5. The lowest BCUT2D eigenvalue weighted by molar-refractivity contribution is -0.385. The van der Waals surface area contributed by atoms with E-state index in [9.17, 15) is 24.5 Å². The standard InChI is InChI=1S/C21H19ClN4O6/c1-12-18(20(28)25(24(12)3)15-7-5-4-6-8-15)23-19(27)13(2)32-21(29)16-10-9-14(22)11-17(16)26(30)31/h4-11,13H,1-3H3,(H,23,27). The molecule has 32 heavy (non-hydrogen) atoms. The fourth-order valence-electron chi connectivity index (χ4n) is 3.04. The molecule has 1 N–H and O–H groups in total. The van der Waals surface area contributed by atoms with Gasteiger partial charge in [0.05, 0.1) is 16.3 Å². The molecule has 3 rings (SSSR count). The molecule has 0 spiro atoms. The Balaban J connectivity index is 1.81. The van der Waals surface area contributed by atoms with E-state index < -0.39 is 34.2 Å². The number of ether oxygens (including phenoxy) is 1. The van der Waals surface area contributed by atoms with Crippen molar-refractivity contribution < 1.29 is 19.2 Å². The van der Waals surface area contributed by atoms with Crippen LogP contribution in [-0.2, 0) is 16.6 Å². The van der Waals surface area contributed by atoms with Crippen LogP contribution in [0.5, 0.6) is 0 Å². The molecule has 1 amide bonds. The van der Waals surface area contributed by atoms with Crippen molar-refractivity contribution in [3.63, 3.8) is 0 Å². The molecule has 0 saturated carbocycles. The summed E-state index contributed by atoms with van der Waals surface area (Å²) in [7, 11) is 1.67. The first kappa shape index (κ1) is 22.8. The smallest absolute Gasteiger partial charge is 0.345 e. The summed E-state index contributed by atoms with van der Waals surface area (Å²) in [6.45, 7) is 2.95. The van der Waals surface area contributed by atoms with Gasteiger partial charge in [-0.25, -0.2) is 9.48 Å². The van der Waals surface area contributed by atoms with E-state index in [1.54, 1.807) is 42.9 Å². The van der Waals surface area contributed by atoms with Crippen molar-refractivity contribution in [3.05, 3.63) is 85.3 Å². The summed E-state index contributed by atoms with van der Waals surface area (Å²) in [4.78, 5) is 48.3. The van der Waals surface area contributed by atoms with E-state index >= 15 is 0 Å². The van der Waals surface area contributed by atoms with Gasteiger partial charge in [0, 0.05) is 18.1 Å². The van der Waals surface area contributed by atoms with E-state index in [0.717, 1.165) is 12.1 Å². The molecule has 1 heterocycles. The Bertz CT molecular complexity index is 1270. The van der Waals surface area contributed by atoms with Crippen LogP contribution in [0.2, 0.25) is 5.02 Å². The molecule has 0 radical (unpaired) electrons. The quantitative estimate of drug-likeness (QED) is 0.343. The summed E-state index contributed by atoms with van der Waals surface area (Å²) in [5, 5.41) is 13.8. The highest BCUT2D eigenvalue weighted by Crippen LogP contribution is 2.24. The van der Waals surface area contributed by atoms with Gasteiger partial charge in [0.15, 0.2) is 6.10 Å². The summed E-state index contributed by atoms with van der Waals surface area (Å²) in [5.74, 6) is -1.83. The van der Waals surface area contributed by atoms with Gasteiger partial charge >= 0.3 is 5.97 Å². The molecule has 10 nitrogen and oxygen atoms in total. The number of carbonyl (C=O) groups is 2. The maximum absolute atomic E-state index is 12.9. The first-order valence-electron chi connectivity index (χ1n) is 9.41. The maximum atomic E-state index is 12.9. The van der Waals surface area contributed by atoms with Crippen molar-refractivity contribution in [2.45, 2.75) is 20.0 Å². The fourth-order valence-corrected chi connectivity index (χ4v) is 3.21. The molecule has 11 heteroatoms. The average molecular weight is 459 g/mol. The zero-order valence-corrected chi connectivity index (χ0v) is 18.1. The van der Waals surface area contributed by atoms with Gasteiger partial charge in [0.2, 0.25) is 0 Å².